The summed E-state index contributed by atoms with van der Waals surface area (Å²) in [6, 6.07) is 0.485. The number of hydrogen-bond acceptors (Lipinski definition) is 2. The smallest absolute Gasteiger partial charge is 0.341 e. The number of alkyl halides is 3. The maximum atomic E-state index is 12.9. The van der Waals surface area contributed by atoms with Crippen LogP contribution in [0.2, 0.25) is 0 Å². The molecule has 2 saturated carbocycles. The van der Waals surface area contributed by atoms with Crippen molar-refractivity contribution in [2.24, 2.45) is 11.8 Å². The average Bonchev–Trinajstić information content (AvgIpc) is 3.39. The number of piperidine rings is 1. The molecule has 1 unspecified atom stereocenters. The lowest BCUT2D eigenvalue weighted by atomic mass is 9.89. The third-order valence-corrected chi connectivity index (χ3v) is 5.86. The Labute approximate surface area is 142 Å². The van der Waals surface area contributed by atoms with Gasteiger partial charge in [0, 0.05) is 25.7 Å². The topological polar surface area (TPSA) is 23.6 Å². The summed E-state index contributed by atoms with van der Waals surface area (Å²) in [7, 11) is 0. The minimum Gasteiger partial charge on any atom is -0.341 e. The molecule has 24 heavy (non-hydrogen) atoms. The van der Waals surface area contributed by atoms with E-state index in [4.69, 9.17) is 0 Å². The lowest BCUT2D eigenvalue weighted by Gasteiger charge is -2.36. The van der Waals surface area contributed by atoms with Crippen molar-refractivity contribution < 1.29 is 18.0 Å². The van der Waals surface area contributed by atoms with E-state index in [-0.39, 0.29) is 18.9 Å². The number of nitrogens with zero attached hydrogens (tertiary/aromatic N) is 2. The first kappa shape index (κ1) is 18.0. The van der Waals surface area contributed by atoms with Crippen molar-refractivity contribution in [2.75, 3.05) is 26.2 Å². The van der Waals surface area contributed by atoms with Gasteiger partial charge in [-0.3, -0.25) is 9.69 Å². The van der Waals surface area contributed by atoms with E-state index in [1.807, 2.05) is 0 Å². The number of rotatable bonds is 5. The van der Waals surface area contributed by atoms with Gasteiger partial charge in [0.25, 0.3) is 0 Å². The zero-order valence-electron chi connectivity index (χ0n) is 14.4. The standard InChI is InChI=1S/C18H29F3N2O/c19-18(20,21)15-7-4-10-22(12-15)17(24)13-23(16-8-9-16)11-14-5-2-1-3-6-14/h14-16H,1-13H2. The fourth-order valence-electron chi connectivity index (χ4n) is 4.23. The quantitative estimate of drug-likeness (QED) is 0.755. The zero-order chi connectivity index (χ0) is 17.2. The molecule has 1 saturated heterocycles. The van der Waals surface area contributed by atoms with Crippen LogP contribution in [0, 0.1) is 11.8 Å². The van der Waals surface area contributed by atoms with Gasteiger partial charge in [-0.1, -0.05) is 19.3 Å². The molecular weight excluding hydrogens is 317 g/mol. The van der Waals surface area contributed by atoms with Crippen molar-refractivity contribution in [2.45, 2.75) is 70.0 Å². The van der Waals surface area contributed by atoms with Crippen LogP contribution >= 0.6 is 0 Å². The number of carbonyl (C=O) groups is 1. The van der Waals surface area contributed by atoms with E-state index in [0.717, 1.165) is 19.4 Å². The second-order valence-electron chi connectivity index (χ2n) is 7.89. The van der Waals surface area contributed by atoms with Crippen LogP contribution in [-0.4, -0.2) is 54.1 Å². The third-order valence-electron chi connectivity index (χ3n) is 5.86. The molecule has 3 rings (SSSR count). The number of amides is 1. The Morgan fingerprint density at radius 1 is 1.00 bits per heavy atom. The minimum atomic E-state index is -4.18. The van der Waals surface area contributed by atoms with Gasteiger partial charge in [0.1, 0.15) is 0 Å². The molecule has 0 aromatic carbocycles. The maximum Gasteiger partial charge on any atom is 0.393 e. The summed E-state index contributed by atoms with van der Waals surface area (Å²) in [4.78, 5) is 16.3. The number of likely N-dealkylation sites (tertiary alicyclic amines) is 1. The molecule has 0 aromatic heterocycles. The molecule has 1 amide bonds. The largest absolute Gasteiger partial charge is 0.393 e. The van der Waals surface area contributed by atoms with Gasteiger partial charge >= 0.3 is 6.18 Å². The first-order chi connectivity index (χ1) is 11.4. The zero-order valence-corrected chi connectivity index (χ0v) is 14.4. The predicted octanol–water partition coefficient (Wildman–Crippen LogP) is 3.83. The van der Waals surface area contributed by atoms with Gasteiger partial charge in [-0.25, -0.2) is 0 Å². The number of hydrogen-bond donors (Lipinski definition) is 0. The molecule has 1 heterocycles. The number of halogens is 3. The van der Waals surface area contributed by atoms with Crippen LogP contribution in [0.25, 0.3) is 0 Å². The van der Waals surface area contributed by atoms with Crippen molar-refractivity contribution in [3.8, 4) is 0 Å². The maximum absolute atomic E-state index is 12.9. The summed E-state index contributed by atoms with van der Waals surface area (Å²) in [6.45, 7) is 1.59. The Hall–Kier alpha value is -0.780. The average molecular weight is 346 g/mol. The third kappa shape index (κ3) is 4.87. The van der Waals surface area contributed by atoms with Crippen LogP contribution in [0.4, 0.5) is 13.2 Å². The van der Waals surface area contributed by atoms with Crippen LogP contribution in [-0.2, 0) is 4.79 Å². The van der Waals surface area contributed by atoms with Gasteiger partial charge in [0.05, 0.1) is 12.5 Å². The van der Waals surface area contributed by atoms with E-state index in [1.54, 1.807) is 0 Å². The van der Waals surface area contributed by atoms with Crippen LogP contribution in [0.1, 0.15) is 57.8 Å². The Morgan fingerprint density at radius 2 is 1.71 bits per heavy atom. The van der Waals surface area contributed by atoms with Crippen molar-refractivity contribution in [3.63, 3.8) is 0 Å². The molecular formula is C18H29F3N2O. The summed E-state index contributed by atoms with van der Waals surface area (Å²) >= 11 is 0. The predicted molar refractivity (Wildman–Crippen MR) is 86.5 cm³/mol. The minimum absolute atomic E-state index is 0.105. The van der Waals surface area contributed by atoms with Crippen molar-refractivity contribution >= 4 is 5.91 Å². The van der Waals surface area contributed by atoms with Gasteiger partial charge in [-0.15, -0.1) is 0 Å². The molecule has 0 bridgehead atoms. The first-order valence-electron chi connectivity index (χ1n) is 9.52. The monoisotopic (exact) mass is 346 g/mol. The van der Waals surface area contributed by atoms with Gasteiger partial charge in [0.2, 0.25) is 5.91 Å². The van der Waals surface area contributed by atoms with Crippen molar-refractivity contribution in [1.82, 2.24) is 9.80 Å². The van der Waals surface area contributed by atoms with E-state index in [9.17, 15) is 18.0 Å². The Morgan fingerprint density at radius 3 is 2.33 bits per heavy atom. The first-order valence-corrected chi connectivity index (χ1v) is 9.52. The molecule has 1 aliphatic heterocycles. The Balaban J connectivity index is 1.53. The van der Waals surface area contributed by atoms with Crippen LogP contribution in [0.3, 0.4) is 0 Å². The summed E-state index contributed by atoms with van der Waals surface area (Å²) in [6.07, 6.45) is 5.02. The molecule has 3 nitrogen and oxygen atoms in total. The van der Waals surface area contributed by atoms with E-state index in [1.165, 1.54) is 37.0 Å². The molecule has 0 spiro atoms. The summed E-state index contributed by atoms with van der Waals surface area (Å²) in [5.74, 6) is -0.786. The summed E-state index contributed by atoms with van der Waals surface area (Å²) in [5, 5.41) is 0. The fourth-order valence-corrected chi connectivity index (χ4v) is 4.23. The summed E-state index contributed by atoms with van der Waals surface area (Å²) < 4.78 is 38.8. The Bertz CT molecular complexity index is 430. The van der Waals surface area contributed by atoms with Crippen LogP contribution < -0.4 is 0 Å². The van der Waals surface area contributed by atoms with E-state index < -0.39 is 12.1 Å². The Kier molecular flexibility index (Phi) is 5.73. The molecule has 3 fully saturated rings. The molecule has 0 radical (unpaired) electrons. The number of carbonyl (C=O) groups excluding carboxylic acids is 1. The lowest BCUT2D eigenvalue weighted by molar-refractivity contribution is -0.188. The van der Waals surface area contributed by atoms with Crippen molar-refractivity contribution in [1.29, 1.82) is 0 Å². The molecule has 0 aromatic rings. The van der Waals surface area contributed by atoms with Gasteiger partial charge < -0.3 is 4.90 Å². The SMILES string of the molecule is O=C(CN(CC1CCCCC1)C1CC1)N1CCCC(C(F)(F)F)C1. The molecule has 6 heteroatoms. The normalized spacial score (nSPS) is 26.8. The summed E-state index contributed by atoms with van der Waals surface area (Å²) in [5.41, 5.74) is 0. The second kappa shape index (κ2) is 7.63. The second-order valence-corrected chi connectivity index (χ2v) is 7.89. The van der Waals surface area contributed by atoms with E-state index in [0.29, 0.717) is 31.5 Å². The molecule has 2 aliphatic carbocycles. The van der Waals surface area contributed by atoms with Crippen LogP contribution in [0.5, 0.6) is 0 Å². The van der Waals surface area contributed by atoms with Gasteiger partial charge in [-0.05, 0) is 44.4 Å². The molecule has 138 valence electrons. The lowest BCUT2D eigenvalue weighted by Crippen LogP contribution is -2.49. The van der Waals surface area contributed by atoms with Crippen LogP contribution in [0.15, 0.2) is 0 Å². The fraction of sp³-hybridized carbons (Fsp3) is 0.944. The van der Waals surface area contributed by atoms with Gasteiger partial charge in [0.15, 0.2) is 0 Å². The highest BCUT2D eigenvalue weighted by Gasteiger charge is 2.43. The molecule has 0 N–H and O–H groups in total. The van der Waals surface area contributed by atoms with Gasteiger partial charge in [-0.2, -0.15) is 13.2 Å². The molecule has 3 aliphatic rings. The van der Waals surface area contributed by atoms with E-state index >= 15 is 0 Å². The van der Waals surface area contributed by atoms with Crippen molar-refractivity contribution in [3.05, 3.63) is 0 Å². The highest BCUT2D eigenvalue weighted by molar-refractivity contribution is 5.78. The molecule has 1 atom stereocenters. The highest BCUT2D eigenvalue weighted by atomic mass is 19.4. The van der Waals surface area contributed by atoms with E-state index in [2.05, 4.69) is 4.90 Å². The highest BCUT2D eigenvalue weighted by Crippen LogP contribution is 2.34.